The van der Waals surface area contributed by atoms with Crippen LogP contribution in [0.5, 0.6) is 0 Å². The molecule has 0 atom stereocenters. The van der Waals surface area contributed by atoms with Gasteiger partial charge >= 0.3 is 0 Å². The zero-order chi connectivity index (χ0) is 13.9. The average molecular weight is 287 g/mol. The first-order valence-electron chi connectivity index (χ1n) is 5.45. The molecule has 19 heavy (non-hydrogen) atoms. The van der Waals surface area contributed by atoms with E-state index < -0.39 is 26.6 Å². The molecule has 0 aliphatic rings. The van der Waals surface area contributed by atoms with Crippen LogP contribution in [-0.4, -0.2) is 15.0 Å². The van der Waals surface area contributed by atoms with Gasteiger partial charge in [-0.3, -0.25) is 0 Å². The van der Waals surface area contributed by atoms with Crippen molar-refractivity contribution in [1.29, 1.82) is 0 Å². The van der Waals surface area contributed by atoms with Gasteiger partial charge in [0, 0.05) is 6.54 Å². The highest BCUT2D eigenvalue weighted by Gasteiger charge is 2.23. The van der Waals surface area contributed by atoms with E-state index in [1.807, 2.05) is 0 Å². The van der Waals surface area contributed by atoms with Gasteiger partial charge in [-0.25, -0.2) is 21.9 Å². The first-order chi connectivity index (χ1) is 9.00. The van der Waals surface area contributed by atoms with E-state index in [1.165, 1.54) is 12.5 Å². The number of halogens is 2. The van der Waals surface area contributed by atoms with Crippen molar-refractivity contribution < 1.29 is 21.6 Å². The molecule has 2 aromatic rings. The van der Waals surface area contributed by atoms with Crippen molar-refractivity contribution in [2.45, 2.75) is 11.3 Å². The lowest BCUT2D eigenvalue weighted by Gasteiger charge is -2.07. The largest absolute Gasteiger partial charge is 0.472 e. The lowest BCUT2D eigenvalue weighted by Crippen LogP contribution is -2.27. The molecule has 0 fully saturated rings. The summed E-state index contributed by atoms with van der Waals surface area (Å²) in [4.78, 5) is -0.956. The smallest absolute Gasteiger partial charge is 0.246 e. The van der Waals surface area contributed by atoms with E-state index in [-0.39, 0.29) is 6.54 Å². The standard InChI is InChI=1S/C12H11F2NO3S/c13-10-2-1-3-11(14)12(10)19(16,17)15-6-4-9-5-7-18-8-9/h1-3,5,7-8,15H,4,6H2. The molecule has 0 radical (unpaired) electrons. The Morgan fingerprint density at radius 3 is 2.42 bits per heavy atom. The predicted molar refractivity (Wildman–Crippen MR) is 64.0 cm³/mol. The molecule has 1 aromatic carbocycles. The minimum Gasteiger partial charge on any atom is -0.472 e. The van der Waals surface area contributed by atoms with E-state index in [2.05, 4.69) is 4.72 Å². The van der Waals surface area contributed by atoms with Crippen molar-refractivity contribution in [2.24, 2.45) is 0 Å². The maximum Gasteiger partial charge on any atom is 0.246 e. The molecule has 0 bridgehead atoms. The molecule has 1 heterocycles. The third-order valence-electron chi connectivity index (χ3n) is 2.47. The number of benzene rings is 1. The molecule has 4 nitrogen and oxygen atoms in total. The Hall–Kier alpha value is -1.73. The lowest BCUT2D eigenvalue weighted by molar-refractivity contribution is 0.514. The molecule has 0 unspecified atom stereocenters. The van der Waals surface area contributed by atoms with E-state index in [0.717, 1.165) is 23.8 Å². The molecular formula is C12H11F2NO3S. The molecule has 0 spiro atoms. The van der Waals surface area contributed by atoms with Crippen molar-refractivity contribution >= 4 is 10.0 Å². The second-order valence-electron chi connectivity index (χ2n) is 3.83. The fourth-order valence-corrected chi connectivity index (χ4v) is 2.74. The molecular weight excluding hydrogens is 276 g/mol. The van der Waals surface area contributed by atoms with Gasteiger partial charge < -0.3 is 4.42 Å². The topological polar surface area (TPSA) is 59.3 Å². The summed E-state index contributed by atoms with van der Waals surface area (Å²) in [6, 6.07) is 4.58. The summed E-state index contributed by atoms with van der Waals surface area (Å²) in [5.74, 6) is -2.23. The second-order valence-corrected chi connectivity index (χ2v) is 5.53. The minimum atomic E-state index is -4.21. The van der Waals surface area contributed by atoms with Gasteiger partial charge in [0.1, 0.15) is 11.6 Å². The number of rotatable bonds is 5. The van der Waals surface area contributed by atoms with Gasteiger partial charge in [-0.1, -0.05) is 6.07 Å². The van der Waals surface area contributed by atoms with E-state index in [9.17, 15) is 17.2 Å². The van der Waals surface area contributed by atoms with E-state index in [0.29, 0.717) is 6.42 Å². The normalized spacial score (nSPS) is 11.7. The number of furan rings is 1. The first kappa shape index (κ1) is 13.7. The number of sulfonamides is 1. The van der Waals surface area contributed by atoms with E-state index >= 15 is 0 Å². The summed E-state index contributed by atoms with van der Waals surface area (Å²) in [5.41, 5.74) is 0.789. The summed E-state index contributed by atoms with van der Waals surface area (Å²) in [6.45, 7) is 0.0235. The summed E-state index contributed by atoms with van der Waals surface area (Å²) in [5, 5.41) is 0. The first-order valence-corrected chi connectivity index (χ1v) is 6.94. The van der Waals surface area contributed by atoms with Crippen molar-refractivity contribution in [3.05, 3.63) is 54.0 Å². The molecule has 0 saturated carbocycles. The maximum atomic E-state index is 13.4. The van der Waals surface area contributed by atoms with Crippen LogP contribution in [0.25, 0.3) is 0 Å². The highest BCUT2D eigenvalue weighted by atomic mass is 32.2. The highest BCUT2D eigenvalue weighted by molar-refractivity contribution is 7.89. The summed E-state index contributed by atoms with van der Waals surface area (Å²) in [6.07, 6.45) is 3.30. The Morgan fingerprint density at radius 1 is 1.16 bits per heavy atom. The number of nitrogens with one attached hydrogen (secondary N) is 1. The zero-order valence-electron chi connectivity index (χ0n) is 9.77. The quantitative estimate of drug-likeness (QED) is 0.916. The molecule has 0 amide bonds. The molecule has 7 heteroatoms. The molecule has 102 valence electrons. The lowest BCUT2D eigenvalue weighted by atomic mass is 10.2. The van der Waals surface area contributed by atoms with Crippen molar-refractivity contribution in [2.75, 3.05) is 6.54 Å². The van der Waals surface area contributed by atoms with Crippen LogP contribution in [0.2, 0.25) is 0 Å². The van der Waals surface area contributed by atoms with Crippen LogP contribution in [0.15, 0.2) is 46.1 Å². The van der Waals surface area contributed by atoms with Crippen LogP contribution < -0.4 is 4.72 Å². The third kappa shape index (κ3) is 3.18. The number of hydrogen-bond acceptors (Lipinski definition) is 3. The Bertz CT molecular complexity index is 633. The Morgan fingerprint density at radius 2 is 1.84 bits per heavy atom. The van der Waals surface area contributed by atoms with Crippen LogP contribution in [0.4, 0.5) is 8.78 Å². The van der Waals surface area contributed by atoms with Crippen molar-refractivity contribution in [3.63, 3.8) is 0 Å². The van der Waals surface area contributed by atoms with E-state index in [4.69, 9.17) is 4.42 Å². The zero-order valence-corrected chi connectivity index (χ0v) is 10.6. The van der Waals surface area contributed by atoms with Crippen LogP contribution in [-0.2, 0) is 16.4 Å². The van der Waals surface area contributed by atoms with Gasteiger partial charge in [-0.15, -0.1) is 0 Å². The highest BCUT2D eigenvalue weighted by Crippen LogP contribution is 2.17. The molecule has 2 rings (SSSR count). The van der Waals surface area contributed by atoms with Gasteiger partial charge in [0.25, 0.3) is 0 Å². The summed E-state index contributed by atoms with van der Waals surface area (Å²) < 4.78 is 57.3. The fourth-order valence-electron chi connectivity index (χ4n) is 1.58. The minimum absolute atomic E-state index is 0.0235. The molecule has 1 aromatic heterocycles. The van der Waals surface area contributed by atoms with Gasteiger partial charge in [0.2, 0.25) is 10.0 Å². The number of hydrogen-bond donors (Lipinski definition) is 1. The van der Waals surface area contributed by atoms with Crippen LogP contribution in [0, 0.1) is 11.6 Å². The van der Waals surface area contributed by atoms with Crippen molar-refractivity contribution in [1.82, 2.24) is 4.72 Å². The molecule has 0 aliphatic carbocycles. The van der Waals surface area contributed by atoms with E-state index in [1.54, 1.807) is 6.07 Å². The Kier molecular flexibility index (Phi) is 3.96. The Labute approximate surface area is 109 Å². The molecule has 0 saturated heterocycles. The SMILES string of the molecule is O=S(=O)(NCCc1ccoc1)c1c(F)cccc1F. The van der Waals surface area contributed by atoms with Gasteiger partial charge in [0.05, 0.1) is 12.5 Å². The average Bonchev–Trinajstić information content (AvgIpc) is 2.81. The summed E-state index contributed by atoms with van der Waals surface area (Å²) in [7, 11) is -4.21. The van der Waals surface area contributed by atoms with Crippen molar-refractivity contribution in [3.8, 4) is 0 Å². The monoisotopic (exact) mass is 287 g/mol. The van der Waals surface area contributed by atoms with Crippen LogP contribution in [0.3, 0.4) is 0 Å². The second kappa shape index (κ2) is 5.50. The maximum absolute atomic E-state index is 13.4. The van der Waals surface area contributed by atoms with Crippen LogP contribution >= 0.6 is 0 Å². The van der Waals surface area contributed by atoms with Crippen LogP contribution in [0.1, 0.15) is 5.56 Å². The van der Waals surface area contributed by atoms with Gasteiger partial charge in [-0.2, -0.15) is 0 Å². The summed E-state index contributed by atoms with van der Waals surface area (Å²) >= 11 is 0. The van der Waals surface area contributed by atoms with Gasteiger partial charge in [0.15, 0.2) is 4.90 Å². The molecule has 1 N–H and O–H groups in total. The third-order valence-corrected chi connectivity index (χ3v) is 3.99. The molecule has 0 aliphatic heterocycles. The Balaban J connectivity index is 2.10. The fraction of sp³-hybridized carbons (Fsp3) is 0.167. The van der Waals surface area contributed by atoms with Gasteiger partial charge in [-0.05, 0) is 30.2 Å². The predicted octanol–water partition coefficient (Wildman–Crippen LogP) is 2.08.